The number of carbonyl (C=O) groups excluding carboxylic acids is 1. The Kier molecular flexibility index (Phi) is 3.06. The van der Waals surface area contributed by atoms with Crippen molar-refractivity contribution >= 4 is 11.7 Å². The van der Waals surface area contributed by atoms with Crippen molar-refractivity contribution < 1.29 is 13.9 Å². The van der Waals surface area contributed by atoms with Gasteiger partial charge in [0.15, 0.2) is 0 Å². The fourth-order valence-electron chi connectivity index (χ4n) is 1.03. The van der Waals surface area contributed by atoms with Gasteiger partial charge in [0, 0.05) is 5.69 Å². The molecule has 2 N–H and O–H groups in total. The van der Waals surface area contributed by atoms with Crippen molar-refractivity contribution in [1.29, 1.82) is 0 Å². The minimum Gasteiger partial charge on any atom is -0.459 e. The van der Waals surface area contributed by atoms with E-state index >= 15 is 0 Å². The van der Waals surface area contributed by atoms with Gasteiger partial charge in [-0.3, -0.25) is 0 Å². The van der Waals surface area contributed by atoms with Crippen molar-refractivity contribution in [2.45, 2.75) is 20.0 Å². The van der Waals surface area contributed by atoms with Gasteiger partial charge in [-0.1, -0.05) is 6.07 Å². The maximum Gasteiger partial charge on any atom is 0.343 e. The fraction of sp³-hybridized carbons (Fsp3) is 0.300. The number of esters is 1. The minimum absolute atomic E-state index is 0.0932. The summed E-state index contributed by atoms with van der Waals surface area (Å²) in [5.41, 5.74) is 5.36. The number of halogens is 1. The lowest BCUT2D eigenvalue weighted by atomic mass is 10.1. The van der Waals surface area contributed by atoms with Gasteiger partial charge in [0.2, 0.25) is 0 Å². The van der Waals surface area contributed by atoms with Gasteiger partial charge in [-0.05, 0) is 26.0 Å². The first kappa shape index (κ1) is 10.5. The van der Waals surface area contributed by atoms with Gasteiger partial charge in [-0.2, -0.15) is 0 Å². The predicted octanol–water partition coefficient (Wildman–Crippen LogP) is 1.97. The minimum atomic E-state index is -0.726. The van der Waals surface area contributed by atoms with Crippen molar-refractivity contribution in [2.24, 2.45) is 0 Å². The monoisotopic (exact) mass is 197 g/mol. The van der Waals surface area contributed by atoms with Crippen LogP contribution in [0.4, 0.5) is 10.1 Å². The number of benzene rings is 1. The summed E-state index contributed by atoms with van der Waals surface area (Å²) in [6.07, 6.45) is -0.290. The smallest absolute Gasteiger partial charge is 0.343 e. The second-order valence-corrected chi connectivity index (χ2v) is 3.16. The van der Waals surface area contributed by atoms with Gasteiger partial charge in [0.25, 0.3) is 0 Å². The van der Waals surface area contributed by atoms with Crippen LogP contribution in [0.3, 0.4) is 0 Å². The molecule has 0 aliphatic carbocycles. The molecule has 0 spiro atoms. The Morgan fingerprint density at radius 1 is 1.50 bits per heavy atom. The molecule has 4 heteroatoms. The largest absolute Gasteiger partial charge is 0.459 e. The summed E-state index contributed by atoms with van der Waals surface area (Å²) in [5, 5.41) is 0. The summed E-state index contributed by atoms with van der Waals surface area (Å²) in [7, 11) is 0. The quantitative estimate of drug-likeness (QED) is 0.582. The van der Waals surface area contributed by atoms with Gasteiger partial charge in [-0.25, -0.2) is 9.18 Å². The number of nitrogen functional groups attached to an aromatic ring is 1. The Morgan fingerprint density at radius 3 is 2.64 bits per heavy atom. The van der Waals surface area contributed by atoms with Crippen LogP contribution in [-0.2, 0) is 4.74 Å². The van der Waals surface area contributed by atoms with E-state index in [-0.39, 0.29) is 17.4 Å². The number of anilines is 1. The van der Waals surface area contributed by atoms with E-state index < -0.39 is 11.8 Å². The molecule has 0 saturated heterocycles. The Hall–Kier alpha value is -1.58. The maximum atomic E-state index is 13.2. The molecule has 0 bridgehead atoms. The van der Waals surface area contributed by atoms with Gasteiger partial charge in [0.05, 0.1) is 6.10 Å². The highest BCUT2D eigenvalue weighted by Gasteiger charge is 2.17. The van der Waals surface area contributed by atoms with E-state index in [1.807, 2.05) is 0 Å². The summed E-state index contributed by atoms with van der Waals surface area (Å²) in [5.74, 6) is -1.38. The van der Waals surface area contributed by atoms with E-state index in [2.05, 4.69) is 0 Å². The highest BCUT2D eigenvalue weighted by atomic mass is 19.1. The molecular weight excluding hydrogens is 185 g/mol. The topological polar surface area (TPSA) is 52.3 Å². The zero-order valence-corrected chi connectivity index (χ0v) is 8.08. The maximum absolute atomic E-state index is 13.2. The average Bonchev–Trinajstić information content (AvgIpc) is 2.01. The van der Waals surface area contributed by atoms with E-state index in [0.717, 1.165) is 0 Å². The first-order valence-corrected chi connectivity index (χ1v) is 4.27. The van der Waals surface area contributed by atoms with Crippen LogP contribution < -0.4 is 5.73 Å². The Labute approximate surface area is 81.7 Å². The van der Waals surface area contributed by atoms with Gasteiger partial charge < -0.3 is 10.5 Å². The van der Waals surface area contributed by atoms with Gasteiger partial charge in [0.1, 0.15) is 11.4 Å². The molecule has 0 radical (unpaired) electrons. The number of hydrogen-bond donors (Lipinski definition) is 1. The second kappa shape index (κ2) is 4.09. The molecule has 76 valence electrons. The number of ether oxygens (including phenoxy) is 1. The summed E-state index contributed by atoms with van der Waals surface area (Å²) in [6.45, 7) is 3.38. The van der Waals surface area contributed by atoms with E-state index in [1.165, 1.54) is 18.2 Å². The van der Waals surface area contributed by atoms with Crippen LogP contribution in [0.25, 0.3) is 0 Å². The number of nitrogens with two attached hydrogens (primary N) is 1. The highest BCUT2D eigenvalue weighted by molar-refractivity contribution is 5.95. The zero-order valence-electron chi connectivity index (χ0n) is 8.08. The Balaban J connectivity index is 3.00. The molecule has 0 aliphatic heterocycles. The lowest BCUT2D eigenvalue weighted by Crippen LogP contribution is -2.15. The fourth-order valence-corrected chi connectivity index (χ4v) is 1.03. The molecule has 1 aromatic carbocycles. The summed E-state index contributed by atoms with van der Waals surface area (Å²) < 4.78 is 18.0. The third kappa shape index (κ3) is 2.22. The summed E-state index contributed by atoms with van der Waals surface area (Å²) in [6, 6.07) is 4.07. The van der Waals surface area contributed by atoms with Crippen molar-refractivity contribution in [3.63, 3.8) is 0 Å². The average molecular weight is 197 g/mol. The molecule has 0 unspecified atom stereocenters. The van der Waals surface area contributed by atoms with Crippen LogP contribution in [0.5, 0.6) is 0 Å². The second-order valence-electron chi connectivity index (χ2n) is 3.16. The molecule has 0 saturated carbocycles. The van der Waals surface area contributed by atoms with Crippen LogP contribution in [-0.4, -0.2) is 12.1 Å². The molecule has 14 heavy (non-hydrogen) atoms. The molecule has 0 amide bonds. The lowest BCUT2D eigenvalue weighted by Gasteiger charge is -2.09. The molecule has 1 rings (SSSR count). The SMILES string of the molecule is CC(C)OC(=O)c1c(N)cccc1F. The van der Waals surface area contributed by atoms with Gasteiger partial charge >= 0.3 is 5.97 Å². The summed E-state index contributed by atoms with van der Waals surface area (Å²) in [4.78, 5) is 11.4. The van der Waals surface area contributed by atoms with E-state index in [9.17, 15) is 9.18 Å². The number of hydrogen-bond acceptors (Lipinski definition) is 3. The van der Waals surface area contributed by atoms with Crippen LogP contribution in [0, 0.1) is 5.82 Å². The third-order valence-electron chi connectivity index (χ3n) is 1.59. The van der Waals surface area contributed by atoms with Crippen LogP contribution in [0.15, 0.2) is 18.2 Å². The molecule has 0 atom stereocenters. The molecule has 1 aromatic rings. The molecular formula is C10H12FNO2. The van der Waals surface area contributed by atoms with Crippen molar-refractivity contribution in [1.82, 2.24) is 0 Å². The standard InChI is InChI=1S/C10H12FNO2/c1-6(2)14-10(13)9-7(11)4-3-5-8(9)12/h3-6H,12H2,1-2H3. The van der Waals surface area contributed by atoms with Crippen LogP contribution in [0.1, 0.15) is 24.2 Å². The molecule has 0 aliphatic rings. The Bertz CT molecular complexity index is 330. The zero-order chi connectivity index (χ0) is 10.7. The first-order chi connectivity index (χ1) is 6.52. The molecule has 0 aromatic heterocycles. The number of rotatable bonds is 2. The van der Waals surface area contributed by atoms with E-state index in [1.54, 1.807) is 13.8 Å². The molecule has 3 nitrogen and oxygen atoms in total. The lowest BCUT2D eigenvalue weighted by molar-refractivity contribution is 0.0374. The van der Waals surface area contributed by atoms with Crippen LogP contribution in [0.2, 0.25) is 0 Å². The van der Waals surface area contributed by atoms with Crippen molar-refractivity contribution in [2.75, 3.05) is 5.73 Å². The normalized spacial score (nSPS) is 10.3. The number of carbonyl (C=O) groups is 1. The van der Waals surface area contributed by atoms with E-state index in [0.29, 0.717) is 0 Å². The van der Waals surface area contributed by atoms with Crippen molar-refractivity contribution in [3.8, 4) is 0 Å². The third-order valence-corrected chi connectivity index (χ3v) is 1.59. The molecule has 0 fully saturated rings. The predicted molar refractivity (Wildman–Crippen MR) is 51.4 cm³/mol. The summed E-state index contributed by atoms with van der Waals surface area (Å²) >= 11 is 0. The molecule has 0 heterocycles. The van der Waals surface area contributed by atoms with Gasteiger partial charge in [-0.15, -0.1) is 0 Å². The van der Waals surface area contributed by atoms with Crippen molar-refractivity contribution in [3.05, 3.63) is 29.6 Å². The van der Waals surface area contributed by atoms with Crippen LogP contribution >= 0.6 is 0 Å². The highest BCUT2D eigenvalue weighted by Crippen LogP contribution is 2.17. The first-order valence-electron chi connectivity index (χ1n) is 4.27. The Morgan fingerprint density at radius 2 is 2.14 bits per heavy atom. The van der Waals surface area contributed by atoms with E-state index in [4.69, 9.17) is 10.5 Å².